The van der Waals surface area contributed by atoms with Gasteiger partial charge in [-0.15, -0.1) is 0 Å². The number of nitrogens with one attached hydrogen (secondary N) is 1. The van der Waals surface area contributed by atoms with Crippen LogP contribution in [0.1, 0.15) is 43.9 Å². The van der Waals surface area contributed by atoms with E-state index in [1.165, 1.54) is 36.9 Å². The van der Waals surface area contributed by atoms with Crippen molar-refractivity contribution < 1.29 is 0 Å². The first-order chi connectivity index (χ1) is 8.27. The fourth-order valence-electron chi connectivity index (χ4n) is 2.78. The topological polar surface area (TPSA) is 24.9 Å². The van der Waals surface area contributed by atoms with Crippen molar-refractivity contribution in [2.24, 2.45) is 11.8 Å². The minimum absolute atomic E-state index is 0.868. The summed E-state index contributed by atoms with van der Waals surface area (Å²) in [5, 5.41) is 3.58. The molecule has 0 radical (unpaired) electrons. The molecule has 1 heterocycles. The summed E-state index contributed by atoms with van der Waals surface area (Å²) in [5.74, 6) is 1.76. The number of hydrogen-bond acceptors (Lipinski definition) is 2. The van der Waals surface area contributed by atoms with Crippen molar-refractivity contribution in [3.8, 4) is 0 Å². The lowest BCUT2D eigenvalue weighted by Crippen LogP contribution is -2.29. The molecule has 1 saturated carbocycles. The maximum absolute atomic E-state index is 4.42. The third-order valence-corrected chi connectivity index (χ3v) is 4.11. The highest BCUT2D eigenvalue weighted by atomic mass is 14.9. The number of rotatable bonds is 4. The van der Waals surface area contributed by atoms with Gasteiger partial charge in [-0.1, -0.05) is 32.3 Å². The summed E-state index contributed by atoms with van der Waals surface area (Å²) in [7, 11) is 0. The van der Waals surface area contributed by atoms with Crippen molar-refractivity contribution >= 4 is 0 Å². The van der Waals surface area contributed by atoms with Gasteiger partial charge in [-0.05, 0) is 43.4 Å². The Balaban J connectivity index is 1.77. The Morgan fingerprint density at radius 1 is 1.35 bits per heavy atom. The molecule has 0 aromatic carbocycles. The summed E-state index contributed by atoms with van der Waals surface area (Å²) in [4.78, 5) is 4.42. The molecule has 2 rings (SSSR count). The Labute approximate surface area is 105 Å². The number of pyridine rings is 1. The van der Waals surface area contributed by atoms with Crippen LogP contribution in [0.2, 0.25) is 0 Å². The highest BCUT2D eigenvalue weighted by molar-refractivity contribution is 5.17. The van der Waals surface area contributed by atoms with Crippen LogP contribution in [0.25, 0.3) is 0 Å². The van der Waals surface area contributed by atoms with Gasteiger partial charge in [-0.25, -0.2) is 0 Å². The Morgan fingerprint density at radius 2 is 2.18 bits per heavy atom. The van der Waals surface area contributed by atoms with Gasteiger partial charge in [0.2, 0.25) is 0 Å². The van der Waals surface area contributed by atoms with Crippen LogP contribution in [0.3, 0.4) is 0 Å². The van der Waals surface area contributed by atoms with Gasteiger partial charge in [0.05, 0.1) is 5.69 Å². The molecule has 1 fully saturated rings. The Morgan fingerprint density at radius 3 is 2.94 bits per heavy atom. The fourth-order valence-corrected chi connectivity index (χ4v) is 2.78. The SMILES string of the molecule is Cc1cccnc1CNCC1CCCCC1C. The lowest BCUT2D eigenvalue weighted by molar-refractivity contribution is 0.247. The van der Waals surface area contributed by atoms with Crippen LogP contribution in [0.5, 0.6) is 0 Å². The van der Waals surface area contributed by atoms with Gasteiger partial charge in [-0.2, -0.15) is 0 Å². The second-order valence-corrected chi connectivity index (χ2v) is 5.42. The van der Waals surface area contributed by atoms with Crippen LogP contribution in [0.4, 0.5) is 0 Å². The van der Waals surface area contributed by atoms with Gasteiger partial charge < -0.3 is 5.32 Å². The lowest BCUT2D eigenvalue weighted by Gasteiger charge is -2.28. The predicted molar refractivity (Wildman–Crippen MR) is 71.8 cm³/mol. The van der Waals surface area contributed by atoms with Crippen LogP contribution in [0.15, 0.2) is 18.3 Å². The van der Waals surface area contributed by atoms with Gasteiger partial charge in [0.25, 0.3) is 0 Å². The lowest BCUT2D eigenvalue weighted by atomic mass is 9.80. The number of aryl methyl sites for hydroxylation is 1. The zero-order chi connectivity index (χ0) is 12.1. The van der Waals surface area contributed by atoms with Gasteiger partial charge in [0, 0.05) is 12.7 Å². The second-order valence-electron chi connectivity index (χ2n) is 5.42. The smallest absolute Gasteiger partial charge is 0.0570 e. The van der Waals surface area contributed by atoms with Crippen LogP contribution in [0, 0.1) is 18.8 Å². The molecule has 1 aromatic rings. The molecule has 0 saturated heterocycles. The molecule has 0 amide bonds. The number of hydrogen-bond donors (Lipinski definition) is 1. The molecule has 2 unspecified atom stereocenters. The molecule has 94 valence electrons. The Bertz CT molecular complexity index is 349. The van der Waals surface area contributed by atoms with Crippen molar-refractivity contribution in [2.75, 3.05) is 6.54 Å². The molecule has 1 N–H and O–H groups in total. The van der Waals surface area contributed by atoms with E-state index >= 15 is 0 Å². The Hall–Kier alpha value is -0.890. The van der Waals surface area contributed by atoms with Crippen LogP contribution >= 0.6 is 0 Å². The average molecular weight is 232 g/mol. The summed E-state index contributed by atoms with van der Waals surface area (Å²) >= 11 is 0. The second kappa shape index (κ2) is 6.15. The maximum atomic E-state index is 4.42. The Kier molecular flexibility index (Phi) is 4.55. The summed E-state index contributed by atoms with van der Waals surface area (Å²) in [5.41, 5.74) is 2.48. The van der Waals surface area contributed by atoms with Crippen molar-refractivity contribution in [3.63, 3.8) is 0 Å². The molecule has 17 heavy (non-hydrogen) atoms. The van der Waals surface area contributed by atoms with Gasteiger partial charge in [0.15, 0.2) is 0 Å². The molecule has 2 nitrogen and oxygen atoms in total. The largest absolute Gasteiger partial charge is 0.311 e. The highest BCUT2D eigenvalue weighted by Crippen LogP contribution is 2.28. The van der Waals surface area contributed by atoms with Crippen LogP contribution < -0.4 is 5.32 Å². The molecular formula is C15H24N2. The monoisotopic (exact) mass is 232 g/mol. The van der Waals surface area contributed by atoms with Crippen molar-refractivity contribution in [3.05, 3.63) is 29.6 Å². The standard InChI is InChI=1S/C15H24N2/c1-12-6-3-4-8-14(12)10-16-11-15-13(2)7-5-9-17-15/h5,7,9,12,14,16H,3-4,6,8,10-11H2,1-2H3. The first-order valence-electron chi connectivity index (χ1n) is 6.88. The summed E-state index contributed by atoms with van der Waals surface area (Å²) in [6, 6.07) is 4.13. The van der Waals surface area contributed by atoms with E-state index in [-0.39, 0.29) is 0 Å². The molecule has 0 aliphatic heterocycles. The van der Waals surface area contributed by atoms with Crippen molar-refractivity contribution in [2.45, 2.75) is 46.1 Å². The molecular weight excluding hydrogens is 208 g/mol. The fraction of sp³-hybridized carbons (Fsp3) is 0.667. The van der Waals surface area contributed by atoms with Gasteiger partial charge in [-0.3, -0.25) is 4.98 Å². The quantitative estimate of drug-likeness (QED) is 0.861. The third kappa shape index (κ3) is 3.53. The highest BCUT2D eigenvalue weighted by Gasteiger charge is 2.20. The summed E-state index contributed by atoms with van der Waals surface area (Å²) in [6.07, 6.45) is 7.54. The summed E-state index contributed by atoms with van der Waals surface area (Å²) < 4.78 is 0. The van der Waals surface area contributed by atoms with E-state index in [0.717, 1.165) is 24.9 Å². The minimum Gasteiger partial charge on any atom is -0.311 e. The van der Waals surface area contributed by atoms with E-state index < -0.39 is 0 Å². The molecule has 1 aromatic heterocycles. The molecule has 2 atom stereocenters. The molecule has 1 aliphatic carbocycles. The van der Waals surface area contributed by atoms with E-state index in [9.17, 15) is 0 Å². The van der Waals surface area contributed by atoms with Crippen LogP contribution in [-0.2, 0) is 6.54 Å². The molecule has 2 heteroatoms. The maximum Gasteiger partial charge on any atom is 0.0570 e. The van der Waals surface area contributed by atoms with Crippen molar-refractivity contribution in [1.29, 1.82) is 0 Å². The molecule has 1 aliphatic rings. The normalized spacial score (nSPS) is 24.8. The van der Waals surface area contributed by atoms with Crippen molar-refractivity contribution in [1.82, 2.24) is 10.3 Å². The van der Waals surface area contributed by atoms with Crippen LogP contribution in [-0.4, -0.2) is 11.5 Å². The zero-order valence-corrected chi connectivity index (χ0v) is 11.1. The van der Waals surface area contributed by atoms with E-state index in [0.29, 0.717) is 0 Å². The van der Waals surface area contributed by atoms with E-state index in [2.05, 4.69) is 30.2 Å². The zero-order valence-electron chi connectivity index (χ0n) is 11.1. The van der Waals surface area contributed by atoms with Gasteiger partial charge in [0.1, 0.15) is 0 Å². The average Bonchev–Trinajstić information content (AvgIpc) is 2.34. The minimum atomic E-state index is 0.868. The number of aromatic nitrogens is 1. The molecule has 0 bridgehead atoms. The summed E-state index contributed by atoms with van der Waals surface area (Å²) in [6.45, 7) is 6.60. The number of nitrogens with zero attached hydrogens (tertiary/aromatic N) is 1. The first kappa shape index (κ1) is 12.6. The van der Waals surface area contributed by atoms with E-state index in [1.807, 2.05) is 12.3 Å². The van der Waals surface area contributed by atoms with Gasteiger partial charge >= 0.3 is 0 Å². The van der Waals surface area contributed by atoms with E-state index in [1.54, 1.807) is 0 Å². The predicted octanol–water partition coefficient (Wildman–Crippen LogP) is 3.31. The first-order valence-corrected chi connectivity index (χ1v) is 6.88. The van der Waals surface area contributed by atoms with E-state index in [4.69, 9.17) is 0 Å². The third-order valence-electron chi connectivity index (χ3n) is 4.11. The molecule has 0 spiro atoms.